The van der Waals surface area contributed by atoms with Crippen molar-refractivity contribution in [3.05, 3.63) is 28.2 Å². The lowest BCUT2D eigenvalue weighted by atomic mass is 9.93. The van der Waals surface area contributed by atoms with Crippen LogP contribution in [0.2, 0.25) is 0 Å². The van der Waals surface area contributed by atoms with E-state index in [1.165, 1.54) is 5.56 Å². The van der Waals surface area contributed by atoms with Crippen molar-refractivity contribution in [2.45, 2.75) is 18.8 Å². The van der Waals surface area contributed by atoms with Crippen molar-refractivity contribution in [1.82, 2.24) is 0 Å². The average Bonchev–Trinajstić information content (AvgIpc) is 2.23. The van der Waals surface area contributed by atoms with E-state index in [4.69, 9.17) is 5.73 Å². The highest BCUT2D eigenvalue weighted by Gasteiger charge is 2.19. The highest BCUT2D eigenvalue weighted by molar-refractivity contribution is 9.10. The third kappa shape index (κ3) is 2.61. The molecule has 2 rings (SSSR count). The lowest BCUT2D eigenvalue weighted by Gasteiger charge is -2.22. The SMILES string of the molecule is Nc1ccc(C2CCS(=O)CC2)cc1Br. The number of nitrogens with two attached hydrogens (primary N) is 1. The Morgan fingerprint density at radius 2 is 2.00 bits per heavy atom. The van der Waals surface area contributed by atoms with Crippen LogP contribution in [0.1, 0.15) is 24.3 Å². The van der Waals surface area contributed by atoms with E-state index in [2.05, 4.69) is 28.1 Å². The monoisotopic (exact) mass is 287 g/mol. The van der Waals surface area contributed by atoms with Gasteiger partial charge in [0, 0.05) is 32.5 Å². The predicted octanol–water partition coefficient (Wildman–Crippen LogP) is 2.66. The second-order valence-corrected chi connectivity index (χ2v) is 6.45. The zero-order valence-corrected chi connectivity index (χ0v) is 10.8. The fourth-order valence-electron chi connectivity index (χ4n) is 1.92. The van der Waals surface area contributed by atoms with Gasteiger partial charge in [0.05, 0.1) is 0 Å². The highest BCUT2D eigenvalue weighted by Crippen LogP contribution is 2.31. The molecule has 0 aromatic heterocycles. The summed E-state index contributed by atoms with van der Waals surface area (Å²) in [6.45, 7) is 0. The summed E-state index contributed by atoms with van der Waals surface area (Å²) in [5.41, 5.74) is 7.83. The van der Waals surface area contributed by atoms with Crippen LogP contribution in [0.25, 0.3) is 0 Å². The Kier molecular flexibility index (Phi) is 3.46. The molecule has 0 radical (unpaired) electrons. The summed E-state index contributed by atoms with van der Waals surface area (Å²) >= 11 is 3.44. The topological polar surface area (TPSA) is 43.1 Å². The second kappa shape index (κ2) is 4.66. The number of rotatable bonds is 1. The van der Waals surface area contributed by atoms with Crippen LogP contribution in [-0.2, 0) is 10.8 Å². The first-order valence-corrected chi connectivity index (χ1v) is 7.35. The lowest BCUT2D eigenvalue weighted by molar-refractivity contribution is 0.605. The van der Waals surface area contributed by atoms with Gasteiger partial charge in [-0.05, 0) is 52.4 Å². The minimum Gasteiger partial charge on any atom is -0.398 e. The van der Waals surface area contributed by atoms with E-state index in [1.54, 1.807) is 0 Å². The van der Waals surface area contributed by atoms with E-state index in [-0.39, 0.29) is 0 Å². The Morgan fingerprint density at radius 1 is 1.33 bits per heavy atom. The van der Waals surface area contributed by atoms with Gasteiger partial charge in [0.15, 0.2) is 0 Å². The average molecular weight is 288 g/mol. The molecular formula is C11H14BrNOS. The molecule has 1 aromatic rings. The van der Waals surface area contributed by atoms with E-state index >= 15 is 0 Å². The second-order valence-electron chi connectivity index (χ2n) is 3.90. The summed E-state index contributed by atoms with van der Waals surface area (Å²) in [7, 11) is -0.581. The Balaban J connectivity index is 2.16. The summed E-state index contributed by atoms with van der Waals surface area (Å²) in [5, 5.41) is 0. The van der Waals surface area contributed by atoms with Crippen LogP contribution < -0.4 is 5.73 Å². The smallest absolute Gasteiger partial charge is 0.0458 e. The molecule has 2 N–H and O–H groups in total. The molecule has 0 saturated carbocycles. The van der Waals surface area contributed by atoms with Gasteiger partial charge < -0.3 is 5.73 Å². The lowest BCUT2D eigenvalue weighted by Crippen LogP contribution is -2.17. The Labute approximate surface area is 101 Å². The predicted molar refractivity (Wildman–Crippen MR) is 68.4 cm³/mol. The molecule has 0 spiro atoms. The third-order valence-corrected chi connectivity index (χ3v) is 4.95. The van der Waals surface area contributed by atoms with Gasteiger partial charge in [0.2, 0.25) is 0 Å². The van der Waals surface area contributed by atoms with Gasteiger partial charge in [-0.1, -0.05) is 6.07 Å². The van der Waals surface area contributed by atoms with Crippen molar-refractivity contribution in [3.63, 3.8) is 0 Å². The summed E-state index contributed by atoms with van der Waals surface area (Å²) in [6.07, 6.45) is 2.06. The number of nitrogen functional groups attached to an aromatic ring is 1. The van der Waals surface area contributed by atoms with E-state index < -0.39 is 10.8 Å². The molecule has 0 atom stereocenters. The molecule has 4 heteroatoms. The van der Waals surface area contributed by atoms with Gasteiger partial charge in [-0.2, -0.15) is 0 Å². The maximum absolute atomic E-state index is 11.2. The molecule has 1 heterocycles. The number of hydrogen-bond donors (Lipinski definition) is 1. The molecule has 82 valence electrons. The molecule has 1 fully saturated rings. The first kappa shape index (κ1) is 11.1. The van der Waals surface area contributed by atoms with Crippen LogP contribution in [0.4, 0.5) is 5.69 Å². The van der Waals surface area contributed by atoms with Crippen LogP contribution in [0, 0.1) is 0 Å². The van der Waals surface area contributed by atoms with Crippen molar-refractivity contribution < 1.29 is 4.21 Å². The molecule has 0 amide bonds. The fraction of sp³-hybridized carbons (Fsp3) is 0.455. The largest absolute Gasteiger partial charge is 0.398 e. The maximum Gasteiger partial charge on any atom is 0.0458 e. The van der Waals surface area contributed by atoms with Gasteiger partial charge in [-0.3, -0.25) is 4.21 Å². The minimum absolute atomic E-state index is 0.555. The third-order valence-electron chi connectivity index (χ3n) is 2.88. The van der Waals surface area contributed by atoms with Gasteiger partial charge >= 0.3 is 0 Å². The van der Waals surface area contributed by atoms with E-state index in [0.29, 0.717) is 5.92 Å². The normalized spacial score (nSPS) is 26.5. The standard InChI is InChI=1S/C11H14BrNOS/c12-10-7-9(1-2-11(10)13)8-3-5-15(14)6-4-8/h1-2,7-8H,3-6,13H2. The van der Waals surface area contributed by atoms with E-state index in [9.17, 15) is 4.21 Å². The minimum atomic E-state index is -0.581. The molecule has 0 bridgehead atoms. The fourth-order valence-corrected chi connectivity index (χ4v) is 3.62. The zero-order valence-electron chi connectivity index (χ0n) is 8.41. The van der Waals surface area contributed by atoms with E-state index in [0.717, 1.165) is 34.5 Å². The van der Waals surface area contributed by atoms with Crippen LogP contribution >= 0.6 is 15.9 Å². The number of hydrogen-bond acceptors (Lipinski definition) is 2. The van der Waals surface area contributed by atoms with Crippen molar-refractivity contribution in [2.24, 2.45) is 0 Å². The molecule has 15 heavy (non-hydrogen) atoms. The van der Waals surface area contributed by atoms with Gasteiger partial charge in [0.25, 0.3) is 0 Å². The van der Waals surface area contributed by atoms with Gasteiger partial charge in [-0.15, -0.1) is 0 Å². The molecule has 1 aliphatic rings. The number of anilines is 1. The zero-order chi connectivity index (χ0) is 10.8. The van der Waals surface area contributed by atoms with Crippen molar-refractivity contribution in [3.8, 4) is 0 Å². The summed E-state index contributed by atoms with van der Waals surface area (Å²) in [6, 6.07) is 6.11. The molecule has 0 unspecified atom stereocenters. The van der Waals surface area contributed by atoms with Gasteiger partial charge in [-0.25, -0.2) is 0 Å². The molecule has 1 aromatic carbocycles. The van der Waals surface area contributed by atoms with Gasteiger partial charge in [0.1, 0.15) is 0 Å². The van der Waals surface area contributed by atoms with Crippen LogP contribution in [0.15, 0.2) is 22.7 Å². The first-order chi connectivity index (χ1) is 7.16. The number of halogens is 1. The van der Waals surface area contributed by atoms with Crippen molar-refractivity contribution in [2.75, 3.05) is 17.2 Å². The van der Waals surface area contributed by atoms with Crippen molar-refractivity contribution >= 4 is 32.4 Å². The molecular weight excluding hydrogens is 274 g/mol. The van der Waals surface area contributed by atoms with Crippen LogP contribution in [0.3, 0.4) is 0 Å². The maximum atomic E-state index is 11.2. The van der Waals surface area contributed by atoms with Crippen molar-refractivity contribution in [1.29, 1.82) is 0 Å². The number of benzene rings is 1. The highest BCUT2D eigenvalue weighted by atomic mass is 79.9. The molecule has 2 nitrogen and oxygen atoms in total. The van der Waals surface area contributed by atoms with E-state index in [1.807, 2.05) is 6.07 Å². The Hall–Kier alpha value is -0.350. The first-order valence-electron chi connectivity index (χ1n) is 5.06. The Morgan fingerprint density at radius 3 is 2.60 bits per heavy atom. The van der Waals surface area contributed by atoms with Crippen LogP contribution in [-0.4, -0.2) is 15.7 Å². The Bertz CT molecular complexity index is 384. The molecule has 1 aliphatic heterocycles. The summed E-state index contributed by atoms with van der Waals surface area (Å²) in [5.74, 6) is 2.24. The quantitative estimate of drug-likeness (QED) is 0.807. The summed E-state index contributed by atoms with van der Waals surface area (Å²) < 4.78 is 12.2. The molecule has 0 aliphatic carbocycles. The van der Waals surface area contributed by atoms with Crippen LogP contribution in [0.5, 0.6) is 0 Å². The summed E-state index contributed by atoms with van der Waals surface area (Å²) in [4.78, 5) is 0. The molecule has 1 saturated heterocycles.